The second kappa shape index (κ2) is 4.92. The van der Waals surface area contributed by atoms with Crippen LogP contribution in [0.15, 0.2) is 24.4 Å². The van der Waals surface area contributed by atoms with E-state index in [9.17, 15) is 0 Å². The van der Waals surface area contributed by atoms with Crippen molar-refractivity contribution in [3.05, 3.63) is 24.4 Å². The van der Waals surface area contributed by atoms with Gasteiger partial charge in [0.05, 0.1) is 16.7 Å². The normalized spacial score (nSPS) is 22.4. The van der Waals surface area contributed by atoms with Gasteiger partial charge in [-0.2, -0.15) is 0 Å². The Kier molecular flexibility index (Phi) is 3.19. The van der Waals surface area contributed by atoms with Gasteiger partial charge >= 0.3 is 7.12 Å². The van der Waals surface area contributed by atoms with E-state index in [4.69, 9.17) is 14.3 Å². The predicted octanol–water partition coefficient (Wildman–Crippen LogP) is 2.14. The summed E-state index contributed by atoms with van der Waals surface area (Å²) < 4.78 is 12.4. The fraction of sp³-hybridized carbons (Fsp3) is 0.529. The SMILES string of the molecule is CC1(C)OB(c2cccc3nc(N4CCC4)ncc23)OC1(C)C. The lowest BCUT2D eigenvalue weighted by atomic mass is 9.77. The molecule has 0 aliphatic carbocycles. The van der Waals surface area contributed by atoms with Crippen molar-refractivity contribution in [2.24, 2.45) is 0 Å². The molecule has 1 aromatic carbocycles. The van der Waals surface area contributed by atoms with Crippen molar-refractivity contribution in [1.82, 2.24) is 9.97 Å². The lowest BCUT2D eigenvalue weighted by Crippen LogP contribution is -2.41. The Morgan fingerprint density at radius 1 is 1.09 bits per heavy atom. The van der Waals surface area contributed by atoms with Crippen LogP contribution < -0.4 is 10.4 Å². The van der Waals surface area contributed by atoms with Gasteiger partial charge in [-0.15, -0.1) is 0 Å². The standard InChI is InChI=1S/C17H22BN3O2/c1-16(2)17(3,4)23-18(22-16)13-7-5-8-14-12(13)11-19-15(20-14)21-9-6-10-21/h5,7-8,11H,6,9-10H2,1-4H3. The van der Waals surface area contributed by atoms with Gasteiger partial charge in [0.2, 0.25) is 5.95 Å². The number of aromatic nitrogens is 2. The molecule has 4 rings (SSSR count). The van der Waals surface area contributed by atoms with E-state index in [1.54, 1.807) is 0 Å². The van der Waals surface area contributed by atoms with E-state index in [2.05, 4.69) is 37.6 Å². The zero-order valence-electron chi connectivity index (χ0n) is 14.2. The molecule has 0 bridgehead atoms. The van der Waals surface area contributed by atoms with Crippen LogP contribution in [-0.4, -0.2) is 41.4 Å². The number of anilines is 1. The molecule has 1 aromatic heterocycles. The van der Waals surface area contributed by atoms with E-state index in [1.165, 1.54) is 6.42 Å². The van der Waals surface area contributed by atoms with Crippen LogP contribution in [-0.2, 0) is 9.31 Å². The first-order chi connectivity index (χ1) is 10.9. The summed E-state index contributed by atoms with van der Waals surface area (Å²) in [5, 5.41) is 0.996. The van der Waals surface area contributed by atoms with Crippen LogP contribution in [0.2, 0.25) is 0 Å². The Balaban J connectivity index is 1.73. The van der Waals surface area contributed by atoms with E-state index >= 15 is 0 Å². The van der Waals surface area contributed by atoms with E-state index in [-0.39, 0.29) is 18.3 Å². The fourth-order valence-corrected chi connectivity index (χ4v) is 2.91. The van der Waals surface area contributed by atoms with Gasteiger partial charge in [0.1, 0.15) is 0 Å². The van der Waals surface area contributed by atoms with Crippen molar-refractivity contribution < 1.29 is 9.31 Å². The molecule has 2 fully saturated rings. The Morgan fingerprint density at radius 2 is 1.78 bits per heavy atom. The maximum absolute atomic E-state index is 6.18. The molecular weight excluding hydrogens is 289 g/mol. The summed E-state index contributed by atoms with van der Waals surface area (Å²) in [6, 6.07) is 6.07. The molecule has 2 aliphatic heterocycles. The smallest absolute Gasteiger partial charge is 0.399 e. The number of benzene rings is 1. The Bertz CT molecular complexity index is 743. The van der Waals surface area contributed by atoms with Crippen LogP contribution in [0.4, 0.5) is 5.95 Å². The lowest BCUT2D eigenvalue weighted by Gasteiger charge is -2.32. The molecule has 0 atom stereocenters. The van der Waals surface area contributed by atoms with Gasteiger partial charge in [0, 0.05) is 24.7 Å². The Morgan fingerprint density at radius 3 is 2.39 bits per heavy atom. The molecule has 23 heavy (non-hydrogen) atoms. The van der Waals surface area contributed by atoms with Gasteiger partial charge in [0.15, 0.2) is 0 Å². The van der Waals surface area contributed by atoms with Gasteiger partial charge in [-0.3, -0.25) is 0 Å². The summed E-state index contributed by atoms with van der Waals surface area (Å²) in [7, 11) is -0.387. The predicted molar refractivity (Wildman–Crippen MR) is 92.1 cm³/mol. The van der Waals surface area contributed by atoms with Crippen molar-refractivity contribution in [3.63, 3.8) is 0 Å². The summed E-state index contributed by atoms with van der Waals surface area (Å²) in [5.74, 6) is 0.815. The molecule has 2 aliphatic rings. The van der Waals surface area contributed by atoms with E-state index in [0.29, 0.717) is 0 Å². The molecule has 0 saturated carbocycles. The third kappa shape index (κ3) is 2.32. The Hall–Kier alpha value is -1.66. The molecule has 2 saturated heterocycles. The molecule has 0 N–H and O–H groups in total. The third-order valence-electron chi connectivity index (χ3n) is 5.29. The van der Waals surface area contributed by atoms with Gasteiger partial charge in [-0.05, 0) is 45.6 Å². The lowest BCUT2D eigenvalue weighted by molar-refractivity contribution is 0.00578. The zero-order valence-corrected chi connectivity index (χ0v) is 14.2. The van der Waals surface area contributed by atoms with Crippen molar-refractivity contribution in [2.75, 3.05) is 18.0 Å². The van der Waals surface area contributed by atoms with Gasteiger partial charge in [0.25, 0.3) is 0 Å². The monoisotopic (exact) mass is 311 g/mol. The van der Waals surface area contributed by atoms with Crippen molar-refractivity contribution in [1.29, 1.82) is 0 Å². The van der Waals surface area contributed by atoms with Crippen LogP contribution in [0, 0.1) is 0 Å². The minimum Gasteiger partial charge on any atom is -0.399 e. The largest absolute Gasteiger partial charge is 0.495 e. The second-order valence-electron chi connectivity index (χ2n) is 7.38. The van der Waals surface area contributed by atoms with Crippen molar-refractivity contribution >= 4 is 29.4 Å². The summed E-state index contributed by atoms with van der Waals surface area (Å²) in [6.07, 6.45) is 3.12. The summed E-state index contributed by atoms with van der Waals surface area (Å²) in [6.45, 7) is 10.4. The molecule has 120 valence electrons. The van der Waals surface area contributed by atoms with Crippen LogP contribution in [0.1, 0.15) is 34.1 Å². The van der Waals surface area contributed by atoms with E-state index in [1.807, 2.05) is 24.4 Å². The minimum atomic E-state index is -0.387. The number of nitrogens with zero attached hydrogens (tertiary/aromatic N) is 3. The van der Waals surface area contributed by atoms with Crippen LogP contribution in [0.25, 0.3) is 10.9 Å². The van der Waals surface area contributed by atoms with Crippen LogP contribution in [0.3, 0.4) is 0 Å². The highest BCUT2D eigenvalue weighted by molar-refractivity contribution is 6.65. The second-order valence-corrected chi connectivity index (χ2v) is 7.38. The van der Waals surface area contributed by atoms with E-state index in [0.717, 1.165) is 35.4 Å². The molecular formula is C17H22BN3O2. The average Bonchev–Trinajstić information content (AvgIpc) is 2.64. The van der Waals surface area contributed by atoms with Gasteiger partial charge < -0.3 is 14.2 Å². The average molecular weight is 311 g/mol. The number of hydrogen-bond donors (Lipinski definition) is 0. The highest BCUT2D eigenvalue weighted by atomic mass is 16.7. The summed E-state index contributed by atoms with van der Waals surface area (Å²) >= 11 is 0. The Labute approximate surface area is 137 Å². The fourth-order valence-electron chi connectivity index (χ4n) is 2.91. The maximum atomic E-state index is 6.18. The number of rotatable bonds is 2. The molecule has 5 nitrogen and oxygen atoms in total. The maximum Gasteiger partial charge on any atom is 0.495 e. The van der Waals surface area contributed by atoms with Gasteiger partial charge in [-0.1, -0.05) is 12.1 Å². The minimum absolute atomic E-state index is 0.349. The topological polar surface area (TPSA) is 47.5 Å². The first kappa shape index (κ1) is 14.9. The molecule has 0 amide bonds. The summed E-state index contributed by atoms with van der Waals surface area (Å²) in [4.78, 5) is 11.4. The summed E-state index contributed by atoms with van der Waals surface area (Å²) in [5.41, 5.74) is 1.24. The first-order valence-corrected chi connectivity index (χ1v) is 8.24. The molecule has 6 heteroatoms. The molecule has 0 radical (unpaired) electrons. The first-order valence-electron chi connectivity index (χ1n) is 8.24. The van der Waals surface area contributed by atoms with Crippen molar-refractivity contribution in [3.8, 4) is 0 Å². The number of hydrogen-bond acceptors (Lipinski definition) is 5. The molecule has 0 spiro atoms. The molecule has 0 unspecified atom stereocenters. The molecule has 2 aromatic rings. The zero-order chi connectivity index (χ0) is 16.2. The third-order valence-corrected chi connectivity index (χ3v) is 5.29. The highest BCUT2D eigenvalue weighted by Crippen LogP contribution is 2.37. The van der Waals surface area contributed by atoms with Crippen molar-refractivity contribution in [2.45, 2.75) is 45.3 Å². The highest BCUT2D eigenvalue weighted by Gasteiger charge is 2.52. The molecule has 3 heterocycles. The van der Waals surface area contributed by atoms with Gasteiger partial charge in [-0.25, -0.2) is 9.97 Å². The number of fused-ring (bicyclic) bond motifs is 1. The van der Waals surface area contributed by atoms with Crippen LogP contribution in [0.5, 0.6) is 0 Å². The van der Waals surface area contributed by atoms with Crippen LogP contribution >= 0.6 is 0 Å². The quantitative estimate of drug-likeness (QED) is 0.795. The van der Waals surface area contributed by atoms with E-state index < -0.39 is 0 Å².